The van der Waals surface area contributed by atoms with Crippen molar-refractivity contribution in [1.29, 1.82) is 0 Å². The van der Waals surface area contributed by atoms with Crippen LogP contribution in [-0.4, -0.2) is 24.2 Å². The van der Waals surface area contributed by atoms with Gasteiger partial charge in [0.25, 0.3) is 5.91 Å². The van der Waals surface area contributed by atoms with Crippen molar-refractivity contribution in [2.45, 2.75) is 0 Å². The van der Waals surface area contributed by atoms with Crippen molar-refractivity contribution in [3.63, 3.8) is 0 Å². The minimum Gasteiger partial charge on any atom is -0.506 e. The third kappa shape index (κ3) is 3.90. The van der Waals surface area contributed by atoms with Gasteiger partial charge in [0.2, 0.25) is 0 Å². The number of para-hydroxylation sites is 1. The highest BCUT2D eigenvalue weighted by Crippen LogP contribution is 2.23. The molecule has 0 unspecified atom stereocenters. The number of rotatable bonds is 5. The highest BCUT2D eigenvalue weighted by Gasteiger charge is 2.07. The number of amides is 1. The molecule has 2 aromatic rings. The summed E-state index contributed by atoms with van der Waals surface area (Å²) in [5, 5.41) is 12.1. The van der Waals surface area contributed by atoms with Gasteiger partial charge in [0, 0.05) is 5.56 Å². The van der Waals surface area contributed by atoms with Gasteiger partial charge >= 0.3 is 0 Å². The van der Waals surface area contributed by atoms with E-state index < -0.39 is 0 Å². The van der Waals surface area contributed by atoms with Crippen molar-refractivity contribution in [3.05, 3.63) is 59.1 Å². The first-order chi connectivity index (χ1) is 9.66. The highest BCUT2D eigenvalue weighted by atomic mass is 35.5. The minimum absolute atomic E-state index is 0.0457. The van der Waals surface area contributed by atoms with Crippen molar-refractivity contribution in [2.24, 2.45) is 0 Å². The molecule has 0 spiro atoms. The quantitative estimate of drug-likeness (QED) is 0.833. The Morgan fingerprint density at radius 1 is 1.20 bits per heavy atom. The number of ether oxygens (including phenoxy) is 1. The predicted octanol–water partition coefficient (Wildman–Crippen LogP) is 2.85. The van der Waals surface area contributed by atoms with Crippen LogP contribution in [0.4, 0.5) is 0 Å². The molecule has 0 aliphatic rings. The molecule has 0 saturated heterocycles. The second-order valence-electron chi connectivity index (χ2n) is 4.08. The highest BCUT2D eigenvalue weighted by molar-refractivity contribution is 6.32. The Morgan fingerprint density at radius 2 is 1.95 bits per heavy atom. The van der Waals surface area contributed by atoms with Crippen LogP contribution in [0.15, 0.2) is 48.5 Å². The van der Waals surface area contributed by atoms with Gasteiger partial charge < -0.3 is 15.2 Å². The van der Waals surface area contributed by atoms with Crippen molar-refractivity contribution in [1.82, 2.24) is 5.32 Å². The van der Waals surface area contributed by atoms with Crippen LogP contribution < -0.4 is 10.1 Å². The lowest BCUT2D eigenvalue weighted by atomic mass is 10.2. The zero-order valence-corrected chi connectivity index (χ0v) is 11.4. The van der Waals surface area contributed by atoms with Crippen LogP contribution in [0.3, 0.4) is 0 Å². The van der Waals surface area contributed by atoms with Crippen LogP contribution >= 0.6 is 11.6 Å². The summed E-state index contributed by atoms with van der Waals surface area (Å²) in [4.78, 5) is 11.8. The molecular weight excluding hydrogens is 278 g/mol. The Balaban J connectivity index is 1.79. The second kappa shape index (κ2) is 6.82. The molecule has 0 bridgehead atoms. The van der Waals surface area contributed by atoms with Crippen LogP contribution in [0.1, 0.15) is 10.4 Å². The van der Waals surface area contributed by atoms with Gasteiger partial charge in [0.1, 0.15) is 18.1 Å². The summed E-state index contributed by atoms with van der Waals surface area (Å²) in [6.07, 6.45) is 0. The van der Waals surface area contributed by atoms with E-state index in [0.717, 1.165) is 5.75 Å². The van der Waals surface area contributed by atoms with E-state index in [1.807, 2.05) is 30.3 Å². The number of carbonyl (C=O) groups excluding carboxylic acids is 1. The Morgan fingerprint density at radius 3 is 2.65 bits per heavy atom. The second-order valence-corrected chi connectivity index (χ2v) is 4.49. The lowest BCUT2D eigenvalue weighted by molar-refractivity contribution is 0.0947. The molecule has 2 N–H and O–H groups in total. The Labute approximate surface area is 122 Å². The lowest BCUT2D eigenvalue weighted by Crippen LogP contribution is -2.28. The monoisotopic (exact) mass is 291 g/mol. The fourth-order valence-electron chi connectivity index (χ4n) is 1.60. The van der Waals surface area contributed by atoms with Gasteiger partial charge in [0.15, 0.2) is 0 Å². The molecule has 0 aliphatic carbocycles. The average Bonchev–Trinajstić information content (AvgIpc) is 2.47. The van der Waals surface area contributed by atoms with Gasteiger partial charge in [-0.3, -0.25) is 4.79 Å². The number of halogens is 1. The van der Waals surface area contributed by atoms with E-state index in [-0.39, 0.29) is 16.7 Å². The third-order valence-electron chi connectivity index (χ3n) is 2.61. The first kappa shape index (κ1) is 14.2. The number of hydrogen-bond donors (Lipinski definition) is 2. The number of carbonyl (C=O) groups is 1. The van der Waals surface area contributed by atoms with Gasteiger partial charge in [-0.2, -0.15) is 0 Å². The third-order valence-corrected chi connectivity index (χ3v) is 2.91. The molecule has 0 radical (unpaired) electrons. The SMILES string of the molecule is O=C(NCCOc1ccccc1)c1ccc(O)c(Cl)c1. The van der Waals surface area contributed by atoms with E-state index in [4.69, 9.17) is 16.3 Å². The maximum absolute atomic E-state index is 11.8. The molecule has 1 amide bonds. The number of hydrogen-bond acceptors (Lipinski definition) is 3. The van der Waals surface area contributed by atoms with E-state index in [2.05, 4.69) is 5.32 Å². The fourth-order valence-corrected chi connectivity index (χ4v) is 1.78. The first-order valence-corrected chi connectivity index (χ1v) is 6.49. The molecule has 104 valence electrons. The van der Waals surface area contributed by atoms with Crippen LogP contribution in [-0.2, 0) is 0 Å². The number of nitrogens with one attached hydrogen (secondary N) is 1. The molecule has 0 aromatic heterocycles. The molecule has 0 saturated carbocycles. The average molecular weight is 292 g/mol. The number of phenolic OH excluding ortho intramolecular Hbond substituents is 1. The van der Waals surface area contributed by atoms with Gasteiger partial charge in [-0.15, -0.1) is 0 Å². The summed E-state index contributed by atoms with van der Waals surface area (Å²) in [7, 11) is 0. The van der Waals surface area contributed by atoms with E-state index in [9.17, 15) is 9.90 Å². The van der Waals surface area contributed by atoms with E-state index >= 15 is 0 Å². The van der Waals surface area contributed by atoms with Crippen LogP contribution in [0.2, 0.25) is 5.02 Å². The lowest BCUT2D eigenvalue weighted by Gasteiger charge is -2.08. The largest absolute Gasteiger partial charge is 0.506 e. The Kier molecular flexibility index (Phi) is 4.85. The summed E-state index contributed by atoms with van der Waals surface area (Å²) >= 11 is 5.74. The number of aromatic hydroxyl groups is 1. The van der Waals surface area contributed by atoms with Crippen molar-refractivity contribution >= 4 is 17.5 Å². The van der Waals surface area contributed by atoms with Crippen molar-refractivity contribution in [2.75, 3.05) is 13.2 Å². The summed E-state index contributed by atoms with van der Waals surface area (Å²) in [6.45, 7) is 0.758. The fraction of sp³-hybridized carbons (Fsp3) is 0.133. The molecule has 0 fully saturated rings. The van der Waals surface area contributed by atoms with E-state index in [1.54, 1.807) is 0 Å². The maximum atomic E-state index is 11.8. The topological polar surface area (TPSA) is 58.6 Å². The summed E-state index contributed by atoms with van der Waals surface area (Å²) in [5.74, 6) is 0.452. The molecule has 2 aromatic carbocycles. The number of phenols is 1. The molecule has 0 atom stereocenters. The van der Waals surface area contributed by atoms with E-state index in [1.165, 1.54) is 18.2 Å². The molecule has 20 heavy (non-hydrogen) atoms. The van der Waals surface area contributed by atoms with Gasteiger partial charge in [0.05, 0.1) is 11.6 Å². The molecule has 2 rings (SSSR count). The predicted molar refractivity (Wildman–Crippen MR) is 77.4 cm³/mol. The summed E-state index contributed by atoms with van der Waals surface area (Å²) in [5.41, 5.74) is 0.396. The summed E-state index contributed by atoms with van der Waals surface area (Å²) in [6, 6.07) is 13.7. The molecular formula is C15H14ClNO3. The maximum Gasteiger partial charge on any atom is 0.251 e. The van der Waals surface area contributed by atoms with Gasteiger partial charge in [-0.05, 0) is 30.3 Å². The zero-order chi connectivity index (χ0) is 14.4. The Bertz CT molecular complexity index is 587. The van der Waals surface area contributed by atoms with E-state index in [0.29, 0.717) is 18.7 Å². The number of benzene rings is 2. The standard InChI is InChI=1S/C15H14ClNO3/c16-13-10-11(6-7-14(13)18)15(19)17-8-9-20-12-4-2-1-3-5-12/h1-7,10,18H,8-9H2,(H,17,19). The van der Waals surface area contributed by atoms with Crippen LogP contribution in [0.5, 0.6) is 11.5 Å². The van der Waals surface area contributed by atoms with Gasteiger partial charge in [-0.25, -0.2) is 0 Å². The van der Waals surface area contributed by atoms with Crippen molar-refractivity contribution in [3.8, 4) is 11.5 Å². The van der Waals surface area contributed by atoms with Crippen molar-refractivity contribution < 1.29 is 14.6 Å². The smallest absolute Gasteiger partial charge is 0.251 e. The molecule has 5 heteroatoms. The first-order valence-electron chi connectivity index (χ1n) is 6.11. The zero-order valence-electron chi connectivity index (χ0n) is 10.7. The van der Waals surface area contributed by atoms with Crippen LogP contribution in [0, 0.1) is 0 Å². The molecule has 0 heterocycles. The van der Waals surface area contributed by atoms with Gasteiger partial charge in [-0.1, -0.05) is 29.8 Å². The Hall–Kier alpha value is -2.20. The van der Waals surface area contributed by atoms with Crippen LogP contribution in [0.25, 0.3) is 0 Å². The molecule has 0 aliphatic heterocycles. The normalized spacial score (nSPS) is 10.1. The molecule has 4 nitrogen and oxygen atoms in total. The minimum atomic E-state index is -0.261. The summed E-state index contributed by atoms with van der Waals surface area (Å²) < 4.78 is 5.45.